The van der Waals surface area contributed by atoms with E-state index in [-0.39, 0.29) is 6.04 Å². The van der Waals surface area contributed by atoms with Crippen molar-refractivity contribution in [3.05, 3.63) is 30.1 Å². The summed E-state index contributed by atoms with van der Waals surface area (Å²) in [4.78, 5) is 10.9. The van der Waals surface area contributed by atoms with E-state index >= 15 is 0 Å². The van der Waals surface area contributed by atoms with Crippen LogP contribution in [0.15, 0.2) is 24.5 Å². The topological polar surface area (TPSA) is 78.8 Å². The molecule has 1 aromatic heterocycles. The van der Waals surface area contributed by atoms with Gasteiger partial charge in [0, 0.05) is 31.5 Å². The number of nitrogens with zero attached hydrogens (tertiary/aromatic N) is 4. The van der Waals surface area contributed by atoms with Crippen LogP contribution in [0.2, 0.25) is 0 Å². The molecule has 1 aromatic carbocycles. The fourth-order valence-corrected chi connectivity index (χ4v) is 2.58. The number of rotatable bonds is 1. The number of benzene rings is 1. The van der Waals surface area contributed by atoms with Gasteiger partial charge in [-0.3, -0.25) is 9.97 Å². The first-order valence-corrected chi connectivity index (χ1v) is 6.35. The molecule has 2 heterocycles. The van der Waals surface area contributed by atoms with Crippen LogP contribution in [0.4, 0.5) is 5.69 Å². The van der Waals surface area contributed by atoms with Crippen molar-refractivity contribution in [3.63, 3.8) is 0 Å². The molecular formula is C14H15N5. The summed E-state index contributed by atoms with van der Waals surface area (Å²) in [7, 11) is 0. The normalized spacial score (nSPS) is 22.7. The van der Waals surface area contributed by atoms with Crippen LogP contribution in [-0.2, 0) is 0 Å². The number of hydrogen-bond donors (Lipinski definition) is 1. The Morgan fingerprint density at radius 2 is 2.00 bits per heavy atom. The van der Waals surface area contributed by atoms with E-state index in [4.69, 9.17) is 11.0 Å². The number of nitriles is 1. The Morgan fingerprint density at radius 3 is 2.63 bits per heavy atom. The van der Waals surface area contributed by atoms with Crippen molar-refractivity contribution in [2.45, 2.75) is 13.0 Å². The molecule has 2 N–H and O–H groups in total. The van der Waals surface area contributed by atoms with Gasteiger partial charge >= 0.3 is 0 Å². The van der Waals surface area contributed by atoms with Crippen LogP contribution < -0.4 is 10.6 Å². The first kappa shape index (κ1) is 11.9. The highest BCUT2D eigenvalue weighted by atomic mass is 15.2. The van der Waals surface area contributed by atoms with Crippen LogP contribution in [0.25, 0.3) is 11.0 Å². The summed E-state index contributed by atoms with van der Waals surface area (Å²) in [6, 6.07) is 6.09. The monoisotopic (exact) mass is 253 g/mol. The molecule has 0 bridgehead atoms. The van der Waals surface area contributed by atoms with E-state index in [2.05, 4.69) is 27.9 Å². The van der Waals surface area contributed by atoms with E-state index in [0.29, 0.717) is 17.0 Å². The molecule has 1 unspecified atom stereocenters. The van der Waals surface area contributed by atoms with E-state index in [9.17, 15) is 0 Å². The van der Waals surface area contributed by atoms with E-state index in [1.807, 2.05) is 6.07 Å². The Labute approximate surface area is 111 Å². The zero-order valence-electron chi connectivity index (χ0n) is 10.7. The third kappa shape index (κ3) is 1.90. The minimum Gasteiger partial charge on any atom is -0.368 e. The molecule has 5 nitrogen and oxygen atoms in total. The molecule has 1 aliphatic rings. The van der Waals surface area contributed by atoms with Gasteiger partial charge in [-0.05, 0) is 18.1 Å². The van der Waals surface area contributed by atoms with Crippen molar-refractivity contribution in [2.24, 2.45) is 11.7 Å². The summed E-state index contributed by atoms with van der Waals surface area (Å²) < 4.78 is 0. The molecule has 5 heteroatoms. The molecule has 0 saturated carbocycles. The second kappa shape index (κ2) is 4.48. The largest absolute Gasteiger partial charge is 0.368 e. The lowest BCUT2D eigenvalue weighted by atomic mass is 10.1. The van der Waals surface area contributed by atoms with Crippen molar-refractivity contribution in [2.75, 3.05) is 18.0 Å². The Morgan fingerprint density at radius 1 is 1.26 bits per heavy atom. The lowest BCUT2D eigenvalue weighted by Crippen LogP contribution is -2.28. The maximum Gasteiger partial charge on any atom is 0.113 e. The van der Waals surface area contributed by atoms with Gasteiger partial charge in [0.15, 0.2) is 0 Å². The highest BCUT2D eigenvalue weighted by Crippen LogP contribution is 2.29. The lowest BCUT2D eigenvalue weighted by molar-refractivity contribution is 0.566. The van der Waals surface area contributed by atoms with E-state index in [1.54, 1.807) is 18.5 Å². The van der Waals surface area contributed by atoms with Gasteiger partial charge in [0.2, 0.25) is 0 Å². The number of anilines is 1. The Bertz CT molecular complexity index is 650. The number of hydrogen-bond acceptors (Lipinski definition) is 5. The number of aromatic nitrogens is 2. The standard InChI is InChI=1S/C14H15N5/c1-9-7-19(8-11(9)16)12-3-2-10(6-15)13-14(12)18-5-4-17-13/h2-5,9,11H,7-8,16H2,1H3/t9-,11?/m1/s1. The van der Waals surface area contributed by atoms with Crippen LogP contribution in [-0.4, -0.2) is 29.1 Å². The highest BCUT2D eigenvalue weighted by Gasteiger charge is 2.28. The Balaban J connectivity index is 2.13. The first-order chi connectivity index (χ1) is 9.20. The third-order valence-electron chi connectivity index (χ3n) is 3.74. The SMILES string of the molecule is C[C@@H]1CN(c2ccc(C#N)c3nccnc23)CC1N. The lowest BCUT2D eigenvalue weighted by Gasteiger charge is -2.19. The first-order valence-electron chi connectivity index (χ1n) is 6.35. The van der Waals surface area contributed by atoms with Gasteiger partial charge in [-0.2, -0.15) is 5.26 Å². The minimum atomic E-state index is 0.183. The van der Waals surface area contributed by atoms with Gasteiger partial charge in [0.05, 0.1) is 11.3 Å². The molecule has 0 aliphatic carbocycles. The maximum absolute atomic E-state index is 9.12. The van der Waals surface area contributed by atoms with E-state index in [1.165, 1.54) is 0 Å². The predicted molar refractivity (Wildman–Crippen MR) is 73.6 cm³/mol. The van der Waals surface area contributed by atoms with Crippen LogP contribution in [0.3, 0.4) is 0 Å². The van der Waals surface area contributed by atoms with Crippen molar-refractivity contribution in [3.8, 4) is 6.07 Å². The van der Waals surface area contributed by atoms with Gasteiger partial charge in [0.25, 0.3) is 0 Å². The summed E-state index contributed by atoms with van der Waals surface area (Å²) in [5.74, 6) is 0.461. The summed E-state index contributed by atoms with van der Waals surface area (Å²) >= 11 is 0. The molecule has 0 radical (unpaired) electrons. The Hall–Kier alpha value is -2.19. The quantitative estimate of drug-likeness (QED) is 0.828. The second-order valence-corrected chi connectivity index (χ2v) is 5.04. The summed E-state index contributed by atoms with van der Waals surface area (Å²) in [5.41, 5.74) is 9.09. The number of fused-ring (bicyclic) bond motifs is 1. The summed E-state index contributed by atoms with van der Waals surface area (Å²) in [5, 5.41) is 9.12. The average molecular weight is 253 g/mol. The molecule has 2 atom stereocenters. The average Bonchev–Trinajstić information content (AvgIpc) is 2.77. The van der Waals surface area contributed by atoms with E-state index in [0.717, 1.165) is 24.3 Å². The summed E-state index contributed by atoms with van der Waals surface area (Å²) in [6.07, 6.45) is 3.28. The van der Waals surface area contributed by atoms with Crippen molar-refractivity contribution < 1.29 is 0 Å². The third-order valence-corrected chi connectivity index (χ3v) is 3.74. The van der Waals surface area contributed by atoms with Crippen LogP contribution >= 0.6 is 0 Å². The fraction of sp³-hybridized carbons (Fsp3) is 0.357. The smallest absolute Gasteiger partial charge is 0.113 e. The molecule has 96 valence electrons. The van der Waals surface area contributed by atoms with Gasteiger partial charge in [0.1, 0.15) is 17.1 Å². The molecule has 19 heavy (non-hydrogen) atoms. The molecule has 2 aromatic rings. The minimum absolute atomic E-state index is 0.183. The molecular weight excluding hydrogens is 238 g/mol. The van der Waals surface area contributed by atoms with Gasteiger partial charge in [-0.25, -0.2) is 0 Å². The van der Waals surface area contributed by atoms with E-state index < -0.39 is 0 Å². The van der Waals surface area contributed by atoms with Crippen LogP contribution in [0.5, 0.6) is 0 Å². The van der Waals surface area contributed by atoms with Gasteiger partial charge < -0.3 is 10.6 Å². The van der Waals surface area contributed by atoms with Crippen LogP contribution in [0.1, 0.15) is 12.5 Å². The molecule has 0 amide bonds. The fourth-order valence-electron chi connectivity index (χ4n) is 2.58. The maximum atomic E-state index is 9.12. The molecule has 1 aliphatic heterocycles. The van der Waals surface area contributed by atoms with Crippen LogP contribution in [0, 0.1) is 17.2 Å². The second-order valence-electron chi connectivity index (χ2n) is 5.04. The zero-order chi connectivity index (χ0) is 13.4. The molecule has 3 rings (SSSR count). The Kier molecular flexibility index (Phi) is 2.80. The zero-order valence-corrected chi connectivity index (χ0v) is 10.7. The van der Waals surface area contributed by atoms with Gasteiger partial charge in [-0.15, -0.1) is 0 Å². The highest BCUT2D eigenvalue weighted by molar-refractivity contribution is 5.92. The van der Waals surface area contributed by atoms with Crippen molar-refractivity contribution >= 4 is 16.7 Å². The van der Waals surface area contributed by atoms with Crippen molar-refractivity contribution in [1.82, 2.24) is 9.97 Å². The summed E-state index contributed by atoms with van der Waals surface area (Å²) in [6.45, 7) is 3.89. The van der Waals surface area contributed by atoms with Crippen molar-refractivity contribution in [1.29, 1.82) is 5.26 Å². The predicted octanol–water partition coefficient (Wildman–Crippen LogP) is 1.28. The molecule has 1 fully saturated rings. The number of nitrogens with two attached hydrogens (primary N) is 1. The molecule has 1 saturated heterocycles. The molecule has 0 spiro atoms. The van der Waals surface area contributed by atoms with Gasteiger partial charge in [-0.1, -0.05) is 6.92 Å².